The molecule has 0 fully saturated rings. The van der Waals surface area contributed by atoms with Crippen molar-refractivity contribution in [2.45, 2.75) is 25.8 Å². The zero-order valence-electron chi connectivity index (χ0n) is 13.6. The summed E-state index contributed by atoms with van der Waals surface area (Å²) < 4.78 is 0. The van der Waals surface area contributed by atoms with Gasteiger partial charge in [0, 0.05) is 6.54 Å². The third-order valence-corrected chi connectivity index (χ3v) is 3.90. The van der Waals surface area contributed by atoms with Crippen molar-refractivity contribution in [3.8, 4) is 11.1 Å². The Kier molecular flexibility index (Phi) is 4.67. The number of carboxylic acid groups (broad SMARTS) is 1. The molecule has 3 nitrogen and oxygen atoms in total. The van der Waals surface area contributed by atoms with E-state index >= 15 is 0 Å². The SMILES string of the molecule is CN(C)Cc1cccc(-c2ccc(C(C)(C)C(=O)O)cc2)c1. The molecule has 0 unspecified atom stereocenters. The second-order valence-electron chi connectivity index (χ2n) is 6.45. The summed E-state index contributed by atoms with van der Waals surface area (Å²) in [6.45, 7) is 4.35. The van der Waals surface area contributed by atoms with E-state index in [1.165, 1.54) is 5.56 Å². The van der Waals surface area contributed by atoms with Gasteiger partial charge in [0.1, 0.15) is 0 Å². The van der Waals surface area contributed by atoms with Gasteiger partial charge >= 0.3 is 5.97 Å². The van der Waals surface area contributed by atoms with Crippen LogP contribution >= 0.6 is 0 Å². The molecule has 0 aliphatic carbocycles. The molecule has 0 aliphatic heterocycles. The van der Waals surface area contributed by atoms with Gasteiger partial charge in [0.15, 0.2) is 0 Å². The zero-order chi connectivity index (χ0) is 16.3. The molecule has 2 aromatic carbocycles. The van der Waals surface area contributed by atoms with Crippen molar-refractivity contribution in [3.63, 3.8) is 0 Å². The van der Waals surface area contributed by atoms with E-state index in [1.54, 1.807) is 13.8 Å². The summed E-state index contributed by atoms with van der Waals surface area (Å²) in [6, 6.07) is 16.2. The van der Waals surface area contributed by atoms with E-state index in [4.69, 9.17) is 0 Å². The van der Waals surface area contributed by atoms with E-state index in [1.807, 2.05) is 24.3 Å². The molecule has 0 saturated carbocycles. The van der Waals surface area contributed by atoms with Crippen molar-refractivity contribution < 1.29 is 9.90 Å². The molecule has 0 radical (unpaired) electrons. The van der Waals surface area contributed by atoms with Crippen LogP contribution in [0, 0.1) is 0 Å². The predicted octanol–water partition coefficient (Wildman–Crippen LogP) is 3.78. The number of hydrogen-bond acceptors (Lipinski definition) is 2. The first-order valence-corrected chi connectivity index (χ1v) is 7.38. The van der Waals surface area contributed by atoms with Gasteiger partial charge in [0.05, 0.1) is 5.41 Å². The quantitative estimate of drug-likeness (QED) is 0.913. The van der Waals surface area contributed by atoms with E-state index in [9.17, 15) is 9.90 Å². The number of nitrogens with zero attached hydrogens (tertiary/aromatic N) is 1. The van der Waals surface area contributed by atoms with E-state index in [2.05, 4.69) is 43.3 Å². The van der Waals surface area contributed by atoms with Crippen LogP contribution < -0.4 is 0 Å². The fraction of sp³-hybridized carbons (Fsp3) is 0.316. The first-order chi connectivity index (χ1) is 10.3. The maximum atomic E-state index is 11.3. The summed E-state index contributed by atoms with van der Waals surface area (Å²) >= 11 is 0. The maximum Gasteiger partial charge on any atom is 0.313 e. The predicted molar refractivity (Wildman–Crippen MR) is 89.9 cm³/mol. The molecule has 2 aromatic rings. The van der Waals surface area contributed by atoms with Crippen LogP contribution in [0.4, 0.5) is 0 Å². The second kappa shape index (κ2) is 6.32. The van der Waals surface area contributed by atoms with Crippen molar-refractivity contribution in [2.75, 3.05) is 14.1 Å². The van der Waals surface area contributed by atoms with Crippen molar-refractivity contribution in [3.05, 3.63) is 59.7 Å². The van der Waals surface area contributed by atoms with Gasteiger partial charge in [0.25, 0.3) is 0 Å². The molecule has 0 saturated heterocycles. The number of aliphatic carboxylic acids is 1. The lowest BCUT2D eigenvalue weighted by Crippen LogP contribution is -2.28. The normalized spacial score (nSPS) is 11.7. The number of rotatable bonds is 5. The third kappa shape index (κ3) is 3.55. The Morgan fingerprint density at radius 1 is 1.05 bits per heavy atom. The largest absolute Gasteiger partial charge is 0.481 e. The molecule has 0 amide bonds. The fourth-order valence-corrected chi connectivity index (χ4v) is 2.42. The molecule has 0 spiro atoms. The van der Waals surface area contributed by atoms with Crippen LogP contribution in [0.2, 0.25) is 0 Å². The van der Waals surface area contributed by atoms with E-state index in [0.717, 1.165) is 23.2 Å². The Hall–Kier alpha value is -2.13. The third-order valence-electron chi connectivity index (χ3n) is 3.90. The molecule has 116 valence electrons. The van der Waals surface area contributed by atoms with Crippen LogP contribution in [0.25, 0.3) is 11.1 Å². The molecular weight excluding hydrogens is 274 g/mol. The lowest BCUT2D eigenvalue weighted by Gasteiger charge is -2.20. The Balaban J connectivity index is 2.29. The van der Waals surface area contributed by atoms with Crippen molar-refractivity contribution in [1.29, 1.82) is 0 Å². The minimum absolute atomic E-state index is 0.812. The molecular formula is C19H23NO2. The van der Waals surface area contributed by atoms with E-state index in [-0.39, 0.29) is 0 Å². The Labute approximate surface area is 132 Å². The molecule has 2 rings (SSSR count). The van der Waals surface area contributed by atoms with Crippen LogP contribution in [0.5, 0.6) is 0 Å². The lowest BCUT2D eigenvalue weighted by atomic mass is 9.84. The topological polar surface area (TPSA) is 40.5 Å². The Morgan fingerprint density at radius 3 is 2.23 bits per heavy atom. The van der Waals surface area contributed by atoms with Gasteiger partial charge in [0.2, 0.25) is 0 Å². The first kappa shape index (κ1) is 16.2. The van der Waals surface area contributed by atoms with Crippen LogP contribution in [0.15, 0.2) is 48.5 Å². The number of hydrogen-bond donors (Lipinski definition) is 1. The average molecular weight is 297 g/mol. The van der Waals surface area contributed by atoms with Gasteiger partial charge in [-0.2, -0.15) is 0 Å². The van der Waals surface area contributed by atoms with Gasteiger partial charge in [-0.05, 0) is 56.3 Å². The molecule has 3 heteroatoms. The van der Waals surface area contributed by atoms with E-state index in [0.29, 0.717) is 0 Å². The van der Waals surface area contributed by atoms with Gasteiger partial charge in [-0.15, -0.1) is 0 Å². The Morgan fingerprint density at radius 2 is 1.68 bits per heavy atom. The molecule has 1 N–H and O–H groups in total. The standard InChI is InChI=1S/C19H23NO2/c1-19(2,18(21)22)17-10-8-15(9-11-17)16-7-5-6-14(12-16)13-20(3)4/h5-12H,13H2,1-4H3,(H,21,22). The Bertz CT molecular complexity index is 657. The van der Waals surface area contributed by atoms with Gasteiger partial charge in [-0.3, -0.25) is 4.79 Å². The van der Waals surface area contributed by atoms with E-state index < -0.39 is 11.4 Å². The van der Waals surface area contributed by atoms with Gasteiger partial charge < -0.3 is 10.0 Å². The van der Waals surface area contributed by atoms with Crippen molar-refractivity contribution in [2.24, 2.45) is 0 Å². The number of carbonyl (C=O) groups is 1. The highest BCUT2D eigenvalue weighted by molar-refractivity contribution is 5.80. The second-order valence-corrected chi connectivity index (χ2v) is 6.45. The summed E-state index contributed by atoms with van der Waals surface area (Å²) in [4.78, 5) is 13.5. The van der Waals surface area contributed by atoms with Crippen molar-refractivity contribution in [1.82, 2.24) is 4.90 Å². The highest BCUT2D eigenvalue weighted by Crippen LogP contribution is 2.27. The summed E-state index contributed by atoms with van der Waals surface area (Å²) in [5.41, 5.74) is 3.46. The number of benzene rings is 2. The molecule has 0 aromatic heterocycles. The van der Waals surface area contributed by atoms with Gasteiger partial charge in [-0.1, -0.05) is 42.5 Å². The van der Waals surface area contributed by atoms with Crippen LogP contribution in [0.1, 0.15) is 25.0 Å². The monoisotopic (exact) mass is 297 g/mol. The molecule has 0 heterocycles. The summed E-state index contributed by atoms with van der Waals surface area (Å²) in [5.74, 6) is -0.812. The molecule has 0 aliphatic rings. The average Bonchev–Trinajstić information content (AvgIpc) is 2.47. The molecule has 0 atom stereocenters. The summed E-state index contributed by atoms with van der Waals surface area (Å²) in [7, 11) is 4.10. The van der Waals surface area contributed by atoms with Crippen LogP contribution in [-0.4, -0.2) is 30.1 Å². The highest BCUT2D eigenvalue weighted by atomic mass is 16.4. The maximum absolute atomic E-state index is 11.3. The zero-order valence-corrected chi connectivity index (χ0v) is 13.6. The first-order valence-electron chi connectivity index (χ1n) is 7.38. The smallest absolute Gasteiger partial charge is 0.313 e. The van der Waals surface area contributed by atoms with Crippen molar-refractivity contribution >= 4 is 5.97 Å². The lowest BCUT2D eigenvalue weighted by molar-refractivity contribution is -0.142. The number of carboxylic acids is 1. The summed E-state index contributed by atoms with van der Waals surface area (Å²) in [5, 5.41) is 9.30. The minimum Gasteiger partial charge on any atom is -0.481 e. The minimum atomic E-state index is -0.870. The van der Waals surface area contributed by atoms with Crippen LogP contribution in [-0.2, 0) is 16.8 Å². The summed E-state index contributed by atoms with van der Waals surface area (Å²) in [6.07, 6.45) is 0. The fourth-order valence-electron chi connectivity index (χ4n) is 2.42. The van der Waals surface area contributed by atoms with Crippen LogP contribution in [0.3, 0.4) is 0 Å². The molecule has 0 bridgehead atoms. The highest BCUT2D eigenvalue weighted by Gasteiger charge is 2.29. The molecule has 22 heavy (non-hydrogen) atoms. The van der Waals surface area contributed by atoms with Gasteiger partial charge in [-0.25, -0.2) is 0 Å².